The second-order valence-electron chi connectivity index (χ2n) is 7.01. The summed E-state index contributed by atoms with van der Waals surface area (Å²) in [5, 5.41) is 0.722. The molecule has 0 fully saturated rings. The number of pyridine rings is 1. The maximum Gasteiger partial charge on any atom is 0.159 e. The summed E-state index contributed by atoms with van der Waals surface area (Å²) in [6.07, 6.45) is 4.74. The van der Waals surface area contributed by atoms with Crippen molar-refractivity contribution in [3.05, 3.63) is 70.6 Å². The largest absolute Gasteiger partial charge is 0.362 e. The van der Waals surface area contributed by atoms with E-state index in [1.165, 1.54) is 11.1 Å². The molecule has 27 heavy (non-hydrogen) atoms. The molecule has 1 aliphatic rings. The van der Waals surface area contributed by atoms with Crippen LogP contribution in [-0.4, -0.2) is 40.5 Å². The predicted molar refractivity (Wildman–Crippen MR) is 109 cm³/mol. The van der Waals surface area contributed by atoms with Gasteiger partial charge in [-0.05, 0) is 30.3 Å². The van der Waals surface area contributed by atoms with Crippen LogP contribution in [0.15, 0.2) is 48.8 Å². The lowest BCUT2D eigenvalue weighted by atomic mass is 10.1. The zero-order chi connectivity index (χ0) is 18.8. The van der Waals surface area contributed by atoms with E-state index in [9.17, 15) is 0 Å². The molecule has 5 nitrogen and oxygen atoms in total. The molecule has 0 bridgehead atoms. The third-order valence-corrected chi connectivity index (χ3v) is 5.05. The Morgan fingerprint density at radius 2 is 1.93 bits per heavy atom. The summed E-state index contributed by atoms with van der Waals surface area (Å²) >= 11 is 5.97. The molecule has 4 rings (SSSR count). The highest BCUT2D eigenvalue weighted by atomic mass is 35.5. The summed E-state index contributed by atoms with van der Waals surface area (Å²) in [7, 11) is 4.06. The Labute approximate surface area is 164 Å². The van der Waals surface area contributed by atoms with Crippen LogP contribution in [0.3, 0.4) is 0 Å². The molecule has 0 aliphatic carbocycles. The predicted octanol–water partition coefficient (Wildman–Crippen LogP) is 3.82. The summed E-state index contributed by atoms with van der Waals surface area (Å²) < 4.78 is 0. The fourth-order valence-electron chi connectivity index (χ4n) is 3.44. The molecule has 2 aromatic heterocycles. The first kappa shape index (κ1) is 17.9. The molecule has 0 atom stereocenters. The van der Waals surface area contributed by atoms with Crippen LogP contribution >= 0.6 is 11.6 Å². The van der Waals surface area contributed by atoms with Gasteiger partial charge in [0, 0.05) is 74.3 Å². The number of anilines is 1. The molecular formula is C21H22ClN5. The molecule has 3 heterocycles. The molecule has 138 valence electrons. The van der Waals surface area contributed by atoms with Crippen LogP contribution in [0.2, 0.25) is 5.02 Å². The number of nitrogens with zero attached hydrogens (tertiary/aromatic N) is 5. The lowest BCUT2D eigenvalue weighted by Crippen LogP contribution is -2.31. The zero-order valence-corrected chi connectivity index (χ0v) is 16.3. The van der Waals surface area contributed by atoms with Crippen molar-refractivity contribution in [3.63, 3.8) is 0 Å². The van der Waals surface area contributed by atoms with Crippen molar-refractivity contribution in [2.45, 2.75) is 19.5 Å². The van der Waals surface area contributed by atoms with Crippen LogP contribution in [0.25, 0.3) is 11.4 Å². The van der Waals surface area contributed by atoms with Gasteiger partial charge >= 0.3 is 0 Å². The van der Waals surface area contributed by atoms with Gasteiger partial charge in [-0.2, -0.15) is 0 Å². The third kappa shape index (κ3) is 3.94. The quantitative estimate of drug-likeness (QED) is 0.689. The molecule has 0 amide bonds. The van der Waals surface area contributed by atoms with E-state index < -0.39 is 0 Å². The maximum atomic E-state index is 5.97. The number of hydrogen-bond acceptors (Lipinski definition) is 5. The lowest BCUT2D eigenvalue weighted by Gasteiger charge is -2.29. The van der Waals surface area contributed by atoms with Crippen LogP contribution in [0.4, 0.5) is 5.82 Å². The Morgan fingerprint density at radius 1 is 1.11 bits per heavy atom. The minimum absolute atomic E-state index is 0.722. The first-order valence-electron chi connectivity index (χ1n) is 9.04. The van der Waals surface area contributed by atoms with E-state index in [4.69, 9.17) is 16.6 Å². The van der Waals surface area contributed by atoms with Crippen LogP contribution < -0.4 is 4.90 Å². The Balaban J connectivity index is 1.52. The van der Waals surface area contributed by atoms with E-state index in [0.29, 0.717) is 0 Å². The molecule has 6 heteroatoms. The van der Waals surface area contributed by atoms with E-state index in [0.717, 1.165) is 54.0 Å². The number of fused-ring (bicyclic) bond motifs is 1. The van der Waals surface area contributed by atoms with Crippen molar-refractivity contribution in [1.29, 1.82) is 0 Å². The van der Waals surface area contributed by atoms with Crippen LogP contribution in [-0.2, 0) is 19.5 Å². The van der Waals surface area contributed by atoms with Gasteiger partial charge in [-0.25, -0.2) is 15.0 Å². The van der Waals surface area contributed by atoms with Gasteiger partial charge < -0.3 is 4.90 Å². The van der Waals surface area contributed by atoms with E-state index >= 15 is 0 Å². The Kier molecular flexibility index (Phi) is 5.05. The van der Waals surface area contributed by atoms with Gasteiger partial charge in [0.2, 0.25) is 0 Å². The minimum atomic E-state index is 0.722. The molecule has 0 radical (unpaired) electrons. The fraction of sp³-hybridized carbons (Fsp3) is 0.286. The van der Waals surface area contributed by atoms with Crippen molar-refractivity contribution in [2.24, 2.45) is 0 Å². The summed E-state index contributed by atoms with van der Waals surface area (Å²) in [5.74, 6) is 1.79. The Bertz CT molecular complexity index is 940. The molecular weight excluding hydrogens is 358 g/mol. The number of aromatic nitrogens is 3. The second-order valence-corrected chi connectivity index (χ2v) is 7.45. The summed E-state index contributed by atoms with van der Waals surface area (Å²) in [5.41, 5.74) is 4.58. The molecule has 0 N–H and O–H groups in total. The van der Waals surface area contributed by atoms with Gasteiger partial charge in [0.1, 0.15) is 5.82 Å². The highest BCUT2D eigenvalue weighted by Crippen LogP contribution is 2.24. The van der Waals surface area contributed by atoms with E-state index in [-0.39, 0.29) is 0 Å². The molecule has 0 spiro atoms. The number of benzene rings is 1. The molecule has 0 saturated carbocycles. The van der Waals surface area contributed by atoms with Crippen LogP contribution in [0.5, 0.6) is 0 Å². The van der Waals surface area contributed by atoms with E-state index in [2.05, 4.69) is 25.8 Å². The number of rotatable bonds is 4. The van der Waals surface area contributed by atoms with Gasteiger partial charge in [0.05, 0.1) is 5.69 Å². The fourth-order valence-corrected chi connectivity index (χ4v) is 3.57. The van der Waals surface area contributed by atoms with Gasteiger partial charge in [-0.3, -0.25) is 4.90 Å². The molecule has 0 saturated heterocycles. The van der Waals surface area contributed by atoms with E-state index in [1.54, 1.807) is 0 Å². The third-order valence-electron chi connectivity index (χ3n) is 4.80. The Hall–Kier alpha value is -2.50. The lowest BCUT2D eigenvalue weighted by molar-refractivity contribution is 0.243. The molecule has 0 unspecified atom stereocenters. The smallest absolute Gasteiger partial charge is 0.159 e. The highest BCUT2D eigenvalue weighted by Gasteiger charge is 2.20. The summed E-state index contributed by atoms with van der Waals surface area (Å²) in [4.78, 5) is 18.4. The van der Waals surface area contributed by atoms with Crippen molar-refractivity contribution < 1.29 is 0 Å². The number of halogens is 1. The molecule has 3 aromatic rings. The average Bonchev–Trinajstić information content (AvgIpc) is 2.68. The maximum absolute atomic E-state index is 5.97. The van der Waals surface area contributed by atoms with Crippen molar-refractivity contribution in [1.82, 2.24) is 19.9 Å². The van der Waals surface area contributed by atoms with E-state index in [1.807, 2.05) is 56.8 Å². The van der Waals surface area contributed by atoms with Crippen LogP contribution in [0.1, 0.15) is 16.8 Å². The van der Waals surface area contributed by atoms with Gasteiger partial charge in [-0.15, -0.1) is 0 Å². The minimum Gasteiger partial charge on any atom is -0.362 e. The topological polar surface area (TPSA) is 45.2 Å². The van der Waals surface area contributed by atoms with Crippen molar-refractivity contribution in [3.8, 4) is 11.4 Å². The second kappa shape index (κ2) is 7.62. The van der Waals surface area contributed by atoms with Gasteiger partial charge in [-0.1, -0.05) is 17.7 Å². The number of hydrogen-bond donors (Lipinski definition) is 0. The van der Waals surface area contributed by atoms with Crippen molar-refractivity contribution >= 4 is 17.4 Å². The average molecular weight is 380 g/mol. The SMILES string of the molecule is CN(C)c1ncccc1CN1CCc2nc(-c3ccc(Cl)cc3)ncc2C1. The summed E-state index contributed by atoms with van der Waals surface area (Å²) in [6.45, 7) is 2.71. The Morgan fingerprint density at radius 3 is 2.70 bits per heavy atom. The molecule has 1 aliphatic heterocycles. The monoisotopic (exact) mass is 379 g/mol. The first-order valence-corrected chi connectivity index (χ1v) is 9.42. The first-order chi connectivity index (χ1) is 13.1. The van der Waals surface area contributed by atoms with Crippen LogP contribution in [0, 0.1) is 0 Å². The highest BCUT2D eigenvalue weighted by molar-refractivity contribution is 6.30. The normalized spacial score (nSPS) is 14.0. The summed E-state index contributed by atoms with van der Waals surface area (Å²) in [6, 6.07) is 11.8. The van der Waals surface area contributed by atoms with Gasteiger partial charge in [0.25, 0.3) is 0 Å². The van der Waals surface area contributed by atoms with Gasteiger partial charge in [0.15, 0.2) is 5.82 Å². The molecule has 1 aromatic carbocycles. The standard InChI is InChI=1S/C21H22ClN5/c1-26(2)21-16(4-3-10-23-21)13-27-11-9-19-17(14-27)12-24-20(25-19)15-5-7-18(22)8-6-15/h3-8,10,12H,9,11,13-14H2,1-2H3. The zero-order valence-electron chi connectivity index (χ0n) is 15.6. The van der Waals surface area contributed by atoms with Crippen molar-refractivity contribution in [2.75, 3.05) is 25.5 Å².